The highest BCUT2D eigenvalue weighted by molar-refractivity contribution is 6.30. The lowest BCUT2D eigenvalue weighted by molar-refractivity contribution is -0.143. The molecule has 6 heteroatoms. The maximum absolute atomic E-state index is 13.1. The lowest BCUT2D eigenvalue weighted by Gasteiger charge is -2.31. The predicted octanol–water partition coefficient (Wildman–Crippen LogP) is 4.36. The van der Waals surface area contributed by atoms with E-state index in [1.807, 2.05) is 52.0 Å². The van der Waals surface area contributed by atoms with Gasteiger partial charge < -0.3 is 15.0 Å². The molecule has 0 aromatic heterocycles. The molecule has 0 saturated carbocycles. The molecule has 2 aromatic carbocycles. The average molecular weight is 417 g/mol. The molecule has 0 bridgehead atoms. The Morgan fingerprint density at radius 3 is 2.48 bits per heavy atom. The zero-order valence-electron chi connectivity index (χ0n) is 17.4. The van der Waals surface area contributed by atoms with Gasteiger partial charge in [0.25, 0.3) is 5.91 Å². The fraction of sp³-hybridized carbons (Fsp3) is 0.391. The van der Waals surface area contributed by atoms with Crippen LogP contribution in [-0.2, 0) is 16.1 Å². The van der Waals surface area contributed by atoms with Crippen LogP contribution in [0.4, 0.5) is 0 Å². The highest BCUT2D eigenvalue weighted by Crippen LogP contribution is 2.18. The molecule has 29 heavy (non-hydrogen) atoms. The van der Waals surface area contributed by atoms with Crippen molar-refractivity contribution >= 4 is 23.4 Å². The second kappa shape index (κ2) is 10.9. The molecule has 0 saturated heterocycles. The van der Waals surface area contributed by atoms with Crippen molar-refractivity contribution in [2.45, 2.75) is 52.7 Å². The van der Waals surface area contributed by atoms with Crippen molar-refractivity contribution in [1.82, 2.24) is 10.2 Å². The number of benzene rings is 2. The van der Waals surface area contributed by atoms with Crippen molar-refractivity contribution in [3.05, 3.63) is 64.7 Å². The number of hydrogen-bond donors (Lipinski definition) is 1. The van der Waals surface area contributed by atoms with Gasteiger partial charge in [0.15, 0.2) is 6.61 Å². The number of rotatable bonds is 9. The van der Waals surface area contributed by atoms with Crippen molar-refractivity contribution in [2.75, 3.05) is 6.61 Å². The van der Waals surface area contributed by atoms with Gasteiger partial charge in [0.1, 0.15) is 11.8 Å². The Hall–Kier alpha value is -2.53. The minimum Gasteiger partial charge on any atom is -0.484 e. The fourth-order valence-corrected chi connectivity index (χ4v) is 3.27. The van der Waals surface area contributed by atoms with E-state index in [0.717, 1.165) is 11.1 Å². The third-order valence-electron chi connectivity index (χ3n) is 4.41. The standard InChI is InChI=1S/C23H29ClN2O3/c1-5-21(23(28)25-16(2)3)26(14-18-9-6-8-17(4)12-18)22(27)15-29-20-11-7-10-19(24)13-20/h6-13,16,21H,5,14-15H2,1-4H3,(H,25,28)/t21-/m1/s1. The van der Waals surface area contributed by atoms with Crippen molar-refractivity contribution in [3.63, 3.8) is 0 Å². The molecule has 2 rings (SSSR count). The maximum Gasteiger partial charge on any atom is 0.261 e. The Bertz CT molecular complexity index is 838. The summed E-state index contributed by atoms with van der Waals surface area (Å²) in [6, 6.07) is 14.2. The number of nitrogens with one attached hydrogen (secondary N) is 1. The van der Waals surface area contributed by atoms with Gasteiger partial charge in [0.2, 0.25) is 5.91 Å². The quantitative estimate of drug-likeness (QED) is 0.660. The van der Waals surface area contributed by atoms with Gasteiger partial charge >= 0.3 is 0 Å². The molecule has 2 amide bonds. The largest absolute Gasteiger partial charge is 0.484 e. The topological polar surface area (TPSA) is 58.6 Å². The molecule has 0 fully saturated rings. The number of aryl methyl sites for hydroxylation is 1. The normalized spacial score (nSPS) is 11.8. The van der Waals surface area contributed by atoms with Crippen LogP contribution in [0.25, 0.3) is 0 Å². The molecule has 2 aromatic rings. The van der Waals surface area contributed by atoms with Gasteiger partial charge in [-0.3, -0.25) is 9.59 Å². The van der Waals surface area contributed by atoms with Gasteiger partial charge in [-0.05, 0) is 51.0 Å². The summed E-state index contributed by atoms with van der Waals surface area (Å²) in [6.45, 7) is 7.87. The van der Waals surface area contributed by atoms with E-state index >= 15 is 0 Å². The second-order valence-corrected chi connectivity index (χ2v) is 7.78. The lowest BCUT2D eigenvalue weighted by atomic mass is 10.1. The zero-order chi connectivity index (χ0) is 21.4. The second-order valence-electron chi connectivity index (χ2n) is 7.34. The van der Waals surface area contributed by atoms with Crippen LogP contribution in [0.15, 0.2) is 48.5 Å². The number of carbonyl (C=O) groups is 2. The van der Waals surface area contributed by atoms with E-state index in [1.54, 1.807) is 29.2 Å². The van der Waals surface area contributed by atoms with Crippen LogP contribution in [0.3, 0.4) is 0 Å². The average Bonchev–Trinajstić information content (AvgIpc) is 2.65. The van der Waals surface area contributed by atoms with Gasteiger partial charge in [-0.1, -0.05) is 54.4 Å². The highest BCUT2D eigenvalue weighted by atomic mass is 35.5. The number of hydrogen-bond acceptors (Lipinski definition) is 3. The molecule has 0 unspecified atom stereocenters. The van der Waals surface area contributed by atoms with E-state index in [4.69, 9.17) is 16.3 Å². The van der Waals surface area contributed by atoms with E-state index in [9.17, 15) is 9.59 Å². The van der Waals surface area contributed by atoms with E-state index in [2.05, 4.69) is 5.32 Å². The van der Waals surface area contributed by atoms with Gasteiger partial charge in [-0.15, -0.1) is 0 Å². The molecule has 5 nitrogen and oxygen atoms in total. The fourth-order valence-electron chi connectivity index (χ4n) is 3.09. The number of ether oxygens (including phenoxy) is 1. The first-order valence-corrected chi connectivity index (χ1v) is 10.2. The van der Waals surface area contributed by atoms with Crippen molar-refractivity contribution in [2.24, 2.45) is 0 Å². The summed E-state index contributed by atoms with van der Waals surface area (Å²) in [5, 5.41) is 3.45. The van der Waals surface area contributed by atoms with E-state index in [1.165, 1.54) is 0 Å². The molecule has 0 radical (unpaired) electrons. The molecular formula is C23H29ClN2O3. The van der Waals surface area contributed by atoms with E-state index < -0.39 is 6.04 Å². The summed E-state index contributed by atoms with van der Waals surface area (Å²) in [5.74, 6) is 0.101. The third kappa shape index (κ3) is 7.09. The Labute approximate surface area is 178 Å². The van der Waals surface area contributed by atoms with Crippen LogP contribution in [0.5, 0.6) is 5.75 Å². The Balaban J connectivity index is 2.21. The first-order valence-electron chi connectivity index (χ1n) is 9.84. The van der Waals surface area contributed by atoms with Gasteiger partial charge in [-0.2, -0.15) is 0 Å². The van der Waals surface area contributed by atoms with Crippen LogP contribution in [0.1, 0.15) is 38.3 Å². The van der Waals surface area contributed by atoms with Crippen LogP contribution in [-0.4, -0.2) is 35.4 Å². The first-order chi connectivity index (χ1) is 13.8. The SMILES string of the molecule is CC[C@H](C(=O)NC(C)C)N(Cc1cccc(C)c1)C(=O)COc1cccc(Cl)c1. The third-order valence-corrected chi connectivity index (χ3v) is 4.65. The van der Waals surface area contributed by atoms with Crippen molar-refractivity contribution < 1.29 is 14.3 Å². The number of amides is 2. The monoisotopic (exact) mass is 416 g/mol. The van der Waals surface area contributed by atoms with Crippen molar-refractivity contribution in [3.8, 4) is 5.75 Å². The van der Waals surface area contributed by atoms with Crippen LogP contribution < -0.4 is 10.1 Å². The van der Waals surface area contributed by atoms with Gasteiger partial charge in [0.05, 0.1) is 0 Å². The Kier molecular flexibility index (Phi) is 8.52. The minimum absolute atomic E-state index is 0.00446. The first kappa shape index (κ1) is 22.8. The number of halogens is 1. The van der Waals surface area contributed by atoms with Gasteiger partial charge in [-0.25, -0.2) is 0 Å². The summed E-state index contributed by atoms with van der Waals surface area (Å²) >= 11 is 5.98. The Morgan fingerprint density at radius 2 is 1.86 bits per heavy atom. The summed E-state index contributed by atoms with van der Waals surface area (Å²) in [5.41, 5.74) is 2.07. The molecule has 0 heterocycles. The molecule has 156 valence electrons. The Morgan fingerprint density at radius 1 is 1.14 bits per heavy atom. The molecule has 0 spiro atoms. The smallest absolute Gasteiger partial charge is 0.261 e. The molecule has 1 N–H and O–H groups in total. The number of carbonyl (C=O) groups excluding carboxylic acids is 2. The van der Waals surface area contributed by atoms with E-state index in [0.29, 0.717) is 23.7 Å². The van der Waals surface area contributed by atoms with Crippen LogP contribution in [0, 0.1) is 6.92 Å². The minimum atomic E-state index is -0.576. The molecule has 1 atom stereocenters. The van der Waals surface area contributed by atoms with Crippen LogP contribution in [0.2, 0.25) is 5.02 Å². The lowest BCUT2D eigenvalue weighted by Crippen LogP contribution is -2.51. The van der Waals surface area contributed by atoms with E-state index in [-0.39, 0.29) is 24.5 Å². The molecule has 0 aliphatic heterocycles. The summed E-state index contributed by atoms with van der Waals surface area (Å²) < 4.78 is 5.64. The predicted molar refractivity (Wildman–Crippen MR) is 116 cm³/mol. The summed E-state index contributed by atoms with van der Waals surface area (Å²) in [7, 11) is 0. The van der Waals surface area contributed by atoms with Crippen molar-refractivity contribution in [1.29, 1.82) is 0 Å². The summed E-state index contributed by atoms with van der Waals surface area (Å²) in [4.78, 5) is 27.4. The van der Waals surface area contributed by atoms with Crippen LogP contribution >= 0.6 is 11.6 Å². The maximum atomic E-state index is 13.1. The summed E-state index contributed by atoms with van der Waals surface area (Å²) in [6.07, 6.45) is 0.507. The molecule has 0 aliphatic carbocycles. The number of nitrogens with zero attached hydrogens (tertiary/aromatic N) is 1. The van der Waals surface area contributed by atoms with Gasteiger partial charge in [0, 0.05) is 17.6 Å². The molecule has 0 aliphatic rings. The zero-order valence-corrected chi connectivity index (χ0v) is 18.2. The molecular weight excluding hydrogens is 388 g/mol. The highest BCUT2D eigenvalue weighted by Gasteiger charge is 2.29.